The van der Waals surface area contributed by atoms with Crippen molar-refractivity contribution in [1.29, 1.82) is 0 Å². The van der Waals surface area contributed by atoms with Crippen molar-refractivity contribution in [3.63, 3.8) is 0 Å². The van der Waals surface area contributed by atoms with Crippen molar-refractivity contribution in [3.05, 3.63) is 52.5 Å². The number of para-hydroxylation sites is 1. The predicted octanol–water partition coefficient (Wildman–Crippen LogP) is 4.77. The summed E-state index contributed by atoms with van der Waals surface area (Å²) in [7, 11) is 4.28. The van der Waals surface area contributed by atoms with Gasteiger partial charge in [-0.15, -0.1) is 0 Å². The Labute approximate surface area is 200 Å². The van der Waals surface area contributed by atoms with E-state index in [1.165, 1.54) is 21.3 Å². The summed E-state index contributed by atoms with van der Waals surface area (Å²) in [5, 5.41) is 11.8. The number of benzene rings is 2. The van der Waals surface area contributed by atoms with Crippen LogP contribution in [0.3, 0.4) is 0 Å². The Bertz CT molecular complexity index is 985. The van der Waals surface area contributed by atoms with E-state index < -0.39 is 12.1 Å². The average Bonchev–Trinajstić information content (AvgIpc) is 2.79. The van der Waals surface area contributed by atoms with E-state index in [9.17, 15) is 14.7 Å². The van der Waals surface area contributed by atoms with Crippen LogP contribution in [0.4, 0.5) is 5.69 Å². The number of hydrogen-bond acceptors (Lipinski definition) is 6. The van der Waals surface area contributed by atoms with Crippen LogP contribution in [-0.2, 0) is 14.3 Å². The monoisotopic (exact) mass is 477 g/mol. The molecule has 33 heavy (non-hydrogen) atoms. The molecule has 0 aliphatic carbocycles. The first-order valence-electron chi connectivity index (χ1n) is 10.6. The third kappa shape index (κ3) is 6.85. The van der Waals surface area contributed by atoms with Gasteiger partial charge >= 0.3 is 5.97 Å². The Hall–Kier alpha value is -2.77. The molecule has 2 aromatic rings. The first-order valence-corrected chi connectivity index (χ1v) is 11.0. The number of rotatable bonds is 9. The molecular formula is C25H32ClNO6. The molecular weight excluding hydrogens is 446 g/mol. The predicted molar refractivity (Wildman–Crippen MR) is 128 cm³/mol. The molecule has 0 aliphatic rings. The van der Waals surface area contributed by atoms with E-state index in [-0.39, 0.29) is 24.2 Å². The molecule has 1 N–H and O–H groups in total. The maximum Gasteiger partial charge on any atom is 0.306 e. The summed E-state index contributed by atoms with van der Waals surface area (Å²) in [6.45, 7) is 6.29. The summed E-state index contributed by atoms with van der Waals surface area (Å²) in [4.78, 5) is 26.6. The van der Waals surface area contributed by atoms with Crippen LogP contribution in [-0.4, -0.2) is 44.9 Å². The lowest BCUT2D eigenvalue weighted by molar-refractivity contribution is -0.141. The van der Waals surface area contributed by atoms with E-state index >= 15 is 0 Å². The minimum Gasteiger partial charge on any atom is -0.496 e. The fraction of sp³-hybridized carbons (Fsp3) is 0.440. The maximum absolute atomic E-state index is 13.4. The van der Waals surface area contributed by atoms with E-state index in [1.54, 1.807) is 41.3 Å². The van der Waals surface area contributed by atoms with Gasteiger partial charge in [0.05, 0.1) is 33.4 Å². The molecule has 0 fully saturated rings. The van der Waals surface area contributed by atoms with Crippen LogP contribution in [0.15, 0.2) is 36.4 Å². The molecule has 0 heterocycles. The highest BCUT2D eigenvalue weighted by Gasteiger charge is 2.31. The fourth-order valence-electron chi connectivity index (χ4n) is 3.52. The number of hydrogen-bond donors (Lipinski definition) is 1. The van der Waals surface area contributed by atoms with Gasteiger partial charge in [-0.2, -0.15) is 0 Å². The summed E-state index contributed by atoms with van der Waals surface area (Å²) in [6, 6.07) is 10.3. The molecule has 0 aromatic heterocycles. The van der Waals surface area contributed by atoms with E-state index in [1.807, 2.05) is 20.8 Å². The lowest BCUT2D eigenvalue weighted by Gasteiger charge is -2.33. The van der Waals surface area contributed by atoms with Crippen molar-refractivity contribution in [2.45, 2.75) is 39.7 Å². The Morgan fingerprint density at radius 1 is 1.00 bits per heavy atom. The normalized spacial score (nSPS) is 12.1. The van der Waals surface area contributed by atoms with Crippen LogP contribution in [0.25, 0.3) is 0 Å². The minimum atomic E-state index is -1.15. The summed E-state index contributed by atoms with van der Waals surface area (Å²) in [5.74, 6) is 0.0530. The number of carbonyl (C=O) groups is 2. The molecule has 0 aliphatic heterocycles. The molecule has 8 heteroatoms. The number of carbonyl (C=O) groups excluding carboxylic acids is 2. The molecule has 2 aromatic carbocycles. The van der Waals surface area contributed by atoms with E-state index in [2.05, 4.69) is 4.74 Å². The van der Waals surface area contributed by atoms with Crippen molar-refractivity contribution in [2.24, 2.45) is 5.41 Å². The highest BCUT2D eigenvalue weighted by molar-refractivity contribution is 6.31. The molecule has 0 spiro atoms. The quantitative estimate of drug-likeness (QED) is 0.523. The van der Waals surface area contributed by atoms with Gasteiger partial charge in [0.25, 0.3) is 0 Å². The van der Waals surface area contributed by atoms with Gasteiger partial charge in [0.1, 0.15) is 17.6 Å². The third-order valence-electron chi connectivity index (χ3n) is 4.99. The molecule has 1 atom stereocenters. The van der Waals surface area contributed by atoms with Crippen LogP contribution < -0.4 is 14.4 Å². The summed E-state index contributed by atoms with van der Waals surface area (Å²) >= 11 is 6.36. The topological polar surface area (TPSA) is 85.3 Å². The molecule has 2 rings (SSSR count). The zero-order valence-corrected chi connectivity index (χ0v) is 20.7. The molecule has 1 amide bonds. The Morgan fingerprint density at radius 2 is 1.64 bits per heavy atom. The molecule has 1 unspecified atom stereocenters. The van der Waals surface area contributed by atoms with Gasteiger partial charge in [0, 0.05) is 35.2 Å². The van der Waals surface area contributed by atoms with Crippen molar-refractivity contribution in [3.8, 4) is 11.5 Å². The van der Waals surface area contributed by atoms with Crippen LogP contribution in [0.2, 0.25) is 5.02 Å². The third-order valence-corrected chi connectivity index (χ3v) is 5.21. The van der Waals surface area contributed by atoms with Gasteiger partial charge in [-0.1, -0.05) is 50.6 Å². The van der Waals surface area contributed by atoms with Gasteiger partial charge < -0.3 is 24.2 Å². The second kappa shape index (κ2) is 11.4. The molecule has 7 nitrogen and oxygen atoms in total. The van der Waals surface area contributed by atoms with Gasteiger partial charge in [0.15, 0.2) is 0 Å². The standard InChI is InChI=1S/C25H32ClNO6/c1-25(2,3)15-27(21(28)11-12-22(29)33-6)23-18(13-16(26)14-20(23)32-5)24(30)17-9-7-8-10-19(17)31-4/h7-10,13-14,24,30H,11-12,15H2,1-6H3. The number of amides is 1. The number of halogens is 1. The highest BCUT2D eigenvalue weighted by Crippen LogP contribution is 2.43. The van der Waals surface area contributed by atoms with Crippen molar-refractivity contribution < 1.29 is 28.9 Å². The molecule has 0 saturated carbocycles. The van der Waals surface area contributed by atoms with Gasteiger partial charge in [-0.3, -0.25) is 9.59 Å². The Balaban J connectivity index is 2.68. The number of ether oxygens (including phenoxy) is 3. The number of methoxy groups -OCH3 is 3. The smallest absolute Gasteiger partial charge is 0.306 e. The molecule has 0 saturated heterocycles. The van der Waals surface area contributed by atoms with Gasteiger partial charge in [-0.25, -0.2) is 0 Å². The number of anilines is 1. The van der Waals surface area contributed by atoms with E-state index in [0.29, 0.717) is 39.9 Å². The van der Waals surface area contributed by atoms with Crippen molar-refractivity contribution in [2.75, 3.05) is 32.8 Å². The van der Waals surface area contributed by atoms with Gasteiger partial charge in [0.2, 0.25) is 5.91 Å². The first-order chi connectivity index (χ1) is 15.5. The minimum absolute atomic E-state index is 0.0568. The second-order valence-corrected chi connectivity index (χ2v) is 9.24. The SMILES string of the molecule is COC(=O)CCC(=O)N(CC(C)(C)C)c1c(OC)cc(Cl)cc1C(O)c1ccccc1OC. The molecule has 180 valence electrons. The summed E-state index contributed by atoms with van der Waals surface area (Å²) < 4.78 is 15.7. The zero-order valence-electron chi connectivity index (χ0n) is 20.0. The van der Waals surface area contributed by atoms with Crippen LogP contribution in [0, 0.1) is 5.41 Å². The summed E-state index contributed by atoms with van der Waals surface area (Å²) in [5.41, 5.74) is 1.01. The molecule has 0 radical (unpaired) electrons. The van der Waals surface area contributed by atoms with E-state index in [0.717, 1.165) is 0 Å². The number of nitrogens with zero attached hydrogens (tertiary/aromatic N) is 1. The summed E-state index contributed by atoms with van der Waals surface area (Å²) in [6.07, 6.45) is -1.27. The van der Waals surface area contributed by atoms with Crippen LogP contribution in [0.1, 0.15) is 50.8 Å². The highest BCUT2D eigenvalue weighted by atomic mass is 35.5. The van der Waals surface area contributed by atoms with Crippen molar-refractivity contribution >= 4 is 29.2 Å². The maximum atomic E-state index is 13.4. The number of aliphatic hydroxyl groups excluding tert-OH is 1. The van der Waals surface area contributed by atoms with Crippen LogP contribution >= 0.6 is 11.6 Å². The second-order valence-electron chi connectivity index (χ2n) is 8.81. The van der Waals surface area contributed by atoms with Gasteiger partial charge in [-0.05, 0) is 17.5 Å². The zero-order chi connectivity index (χ0) is 24.8. The number of aliphatic hydroxyl groups is 1. The lowest BCUT2D eigenvalue weighted by atomic mass is 9.93. The van der Waals surface area contributed by atoms with E-state index in [4.69, 9.17) is 21.1 Å². The molecule has 0 bridgehead atoms. The fourth-order valence-corrected chi connectivity index (χ4v) is 3.74. The number of esters is 1. The largest absolute Gasteiger partial charge is 0.496 e. The van der Waals surface area contributed by atoms with Crippen molar-refractivity contribution in [1.82, 2.24) is 0 Å². The lowest BCUT2D eigenvalue weighted by Crippen LogP contribution is -2.39. The first kappa shape index (κ1) is 26.5. The Morgan fingerprint density at radius 3 is 2.21 bits per heavy atom. The van der Waals surface area contributed by atoms with Crippen LogP contribution in [0.5, 0.6) is 11.5 Å². The average molecular weight is 478 g/mol. The Kier molecular flexibility index (Phi) is 9.14.